The lowest BCUT2D eigenvalue weighted by Crippen LogP contribution is -2.56. The van der Waals surface area contributed by atoms with E-state index < -0.39 is 12.1 Å². The van der Waals surface area contributed by atoms with Crippen LogP contribution in [0.2, 0.25) is 5.02 Å². The lowest BCUT2D eigenvalue weighted by molar-refractivity contribution is -0.174. The van der Waals surface area contributed by atoms with E-state index in [1.54, 1.807) is 31.2 Å². The number of rotatable bonds is 7. The van der Waals surface area contributed by atoms with Crippen LogP contribution in [0.25, 0.3) is 0 Å². The van der Waals surface area contributed by atoms with Crippen LogP contribution in [0.1, 0.15) is 39.0 Å². The number of hydrogen-bond acceptors (Lipinski definition) is 6. The van der Waals surface area contributed by atoms with Gasteiger partial charge in [0.25, 0.3) is 0 Å². The number of unbranched alkanes of at least 4 members (excludes halogenated alkanes) is 1. The number of β-amino-alcohol motifs (C(OH)–C–C–N with tert-alkyl or cyclic N) is 1. The first kappa shape index (κ1) is 23.3. The molecule has 1 spiro atoms. The van der Waals surface area contributed by atoms with Crippen LogP contribution in [0.5, 0.6) is 0 Å². The maximum atomic E-state index is 12.7. The zero-order chi connectivity index (χ0) is 22.7. The average Bonchev–Trinajstić information content (AvgIpc) is 3.54. The first-order valence-electron chi connectivity index (χ1n) is 11.6. The molecule has 1 aromatic carbocycles. The number of carbonyl (C=O) groups is 2. The molecule has 1 aliphatic carbocycles. The van der Waals surface area contributed by atoms with Gasteiger partial charge in [-0.05, 0) is 75.7 Å². The molecule has 2 saturated heterocycles. The van der Waals surface area contributed by atoms with E-state index in [2.05, 4.69) is 10.2 Å². The minimum atomic E-state index is -0.642. The average molecular weight is 465 g/mol. The number of aliphatic hydroxyl groups excluding tert-OH is 1. The van der Waals surface area contributed by atoms with Gasteiger partial charge in [0, 0.05) is 30.3 Å². The number of nitrogens with zero attached hydrogens (tertiary/aromatic N) is 3. The molecule has 3 fully saturated rings. The van der Waals surface area contributed by atoms with Crippen LogP contribution in [0.3, 0.4) is 0 Å². The third-order valence-electron chi connectivity index (χ3n) is 7.07. The van der Waals surface area contributed by atoms with Gasteiger partial charge in [-0.2, -0.15) is 0 Å². The number of hydroxylamine groups is 2. The molecule has 2 amide bonds. The highest BCUT2D eigenvalue weighted by atomic mass is 35.5. The molecular weight excluding hydrogens is 432 g/mol. The van der Waals surface area contributed by atoms with E-state index in [4.69, 9.17) is 16.4 Å². The summed E-state index contributed by atoms with van der Waals surface area (Å²) in [7, 11) is 0. The maximum absolute atomic E-state index is 12.7. The van der Waals surface area contributed by atoms with Gasteiger partial charge < -0.3 is 19.7 Å². The highest BCUT2D eigenvalue weighted by Gasteiger charge is 2.51. The maximum Gasteiger partial charge on any atom is 0.430 e. The third kappa shape index (κ3) is 5.54. The summed E-state index contributed by atoms with van der Waals surface area (Å²) in [5.41, 5.74) is 0.778. The van der Waals surface area contributed by atoms with E-state index in [1.807, 2.05) is 4.90 Å². The number of benzene rings is 1. The summed E-state index contributed by atoms with van der Waals surface area (Å²) in [5.74, 6) is -0.0316. The molecule has 2 heterocycles. The number of likely N-dealkylation sites (tertiary alicyclic amines) is 1. The van der Waals surface area contributed by atoms with Crippen molar-refractivity contribution < 1.29 is 19.5 Å². The van der Waals surface area contributed by atoms with E-state index in [0.29, 0.717) is 30.3 Å². The Hall–Kier alpha value is -1.87. The topological polar surface area (TPSA) is 85.3 Å². The fraction of sp³-hybridized carbons (Fsp3) is 0.652. The standard InChI is InChI=1S/C23H33ClN4O4/c1-17-21(30)27(11-3-2-10-26-12-9-23(7-8-23)20(29)16-26)13-14-28(17)32-22(31)25-19-6-4-5-18(24)15-19/h4-6,15,17,20,29H,2-3,7-14,16H2,1H3,(H,25,31)/t17-,20+/m0/s1. The molecule has 176 valence electrons. The molecule has 0 bridgehead atoms. The Balaban J connectivity index is 1.15. The van der Waals surface area contributed by atoms with Crippen molar-refractivity contribution in [2.24, 2.45) is 5.41 Å². The molecule has 1 saturated carbocycles. The van der Waals surface area contributed by atoms with E-state index in [9.17, 15) is 14.7 Å². The van der Waals surface area contributed by atoms with Crippen LogP contribution in [-0.4, -0.2) is 83.4 Å². The summed E-state index contributed by atoms with van der Waals surface area (Å²) < 4.78 is 0. The van der Waals surface area contributed by atoms with Crippen molar-refractivity contribution in [3.05, 3.63) is 29.3 Å². The SMILES string of the molecule is C[C@H]1C(=O)N(CCCCN2CCC3(CC3)[C@H](O)C2)CCN1OC(=O)Nc1cccc(Cl)c1. The van der Waals surface area contributed by atoms with Crippen molar-refractivity contribution in [2.45, 2.75) is 51.2 Å². The highest BCUT2D eigenvalue weighted by Crippen LogP contribution is 2.53. The number of carbonyl (C=O) groups excluding carboxylic acids is 2. The molecule has 1 aromatic rings. The molecule has 32 heavy (non-hydrogen) atoms. The Morgan fingerprint density at radius 3 is 2.72 bits per heavy atom. The molecule has 3 aliphatic rings. The predicted octanol–water partition coefficient (Wildman–Crippen LogP) is 2.96. The van der Waals surface area contributed by atoms with Crippen molar-refractivity contribution in [1.29, 1.82) is 0 Å². The molecule has 0 aromatic heterocycles. The van der Waals surface area contributed by atoms with Gasteiger partial charge in [0.2, 0.25) is 5.91 Å². The Bertz CT molecular complexity index is 834. The smallest absolute Gasteiger partial charge is 0.391 e. The van der Waals surface area contributed by atoms with Gasteiger partial charge in [0.05, 0.1) is 12.6 Å². The van der Waals surface area contributed by atoms with E-state index in [1.165, 1.54) is 17.9 Å². The van der Waals surface area contributed by atoms with E-state index in [-0.39, 0.29) is 17.4 Å². The van der Waals surface area contributed by atoms with Gasteiger partial charge in [-0.25, -0.2) is 4.79 Å². The molecule has 2 atom stereocenters. The highest BCUT2D eigenvalue weighted by molar-refractivity contribution is 6.30. The van der Waals surface area contributed by atoms with Crippen LogP contribution in [0.4, 0.5) is 10.5 Å². The molecule has 4 rings (SSSR count). The summed E-state index contributed by atoms with van der Waals surface area (Å²) >= 11 is 5.93. The molecule has 8 nitrogen and oxygen atoms in total. The van der Waals surface area contributed by atoms with Crippen molar-refractivity contribution in [2.75, 3.05) is 44.6 Å². The Morgan fingerprint density at radius 2 is 2.00 bits per heavy atom. The number of anilines is 1. The fourth-order valence-corrected chi connectivity index (χ4v) is 4.92. The van der Waals surface area contributed by atoms with Crippen molar-refractivity contribution in [3.63, 3.8) is 0 Å². The van der Waals surface area contributed by atoms with Gasteiger partial charge in [-0.1, -0.05) is 17.7 Å². The molecule has 0 unspecified atom stereocenters. The minimum Gasteiger partial charge on any atom is -0.391 e. The number of aliphatic hydroxyl groups is 1. The van der Waals surface area contributed by atoms with Crippen LogP contribution in [0.15, 0.2) is 24.3 Å². The minimum absolute atomic E-state index is 0.0316. The number of halogens is 1. The normalized spacial score (nSPS) is 25.7. The molecule has 2 N–H and O–H groups in total. The Labute approximate surface area is 194 Å². The van der Waals surface area contributed by atoms with E-state index in [0.717, 1.165) is 38.9 Å². The van der Waals surface area contributed by atoms with Gasteiger partial charge in [0.1, 0.15) is 6.04 Å². The second kappa shape index (κ2) is 9.95. The lowest BCUT2D eigenvalue weighted by atomic mass is 9.90. The molecule has 0 radical (unpaired) electrons. The number of amides is 2. The van der Waals surface area contributed by atoms with Crippen LogP contribution in [-0.2, 0) is 9.63 Å². The monoisotopic (exact) mass is 464 g/mol. The summed E-state index contributed by atoms with van der Waals surface area (Å²) in [6.07, 6.45) is 4.57. The summed E-state index contributed by atoms with van der Waals surface area (Å²) in [5, 5.41) is 14.9. The van der Waals surface area contributed by atoms with Crippen molar-refractivity contribution in [1.82, 2.24) is 14.9 Å². The largest absolute Gasteiger partial charge is 0.430 e. The van der Waals surface area contributed by atoms with Crippen molar-refractivity contribution in [3.8, 4) is 0 Å². The first-order valence-corrected chi connectivity index (χ1v) is 11.9. The predicted molar refractivity (Wildman–Crippen MR) is 122 cm³/mol. The van der Waals surface area contributed by atoms with Gasteiger partial charge in [-0.15, -0.1) is 5.06 Å². The quantitative estimate of drug-likeness (QED) is 0.603. The molecular formula is C23H33ClN4O4. The fourth-order valence-electron chi connectivity index (χ4n) is 4.73. The van der Waals surface area contributed by atoms with Crippen molar-refractivity contribution >= 4 is 29.3 Å². The number of hydrogen-bond donors (Lipinski definition) is 2. The zero-order valence-corrected chi connectivity index (χ0v) is 19.4. The Morgan fingerprint density at radius 1 is 1.22 bits per heavy atom. The Kier molecular flexibility index (Phi) is 7.24. The summed E-state index contributed by atoms with van der Waals surface area (Å²) in [6.45, 7) is 6.26. The van der Waals surface area contributed by atoms with Crippen LogP contribution < -0.4 is 5.32 Å². The number of nitrogens with one attached hydrogen (secondary N) is 1. The second-order valence-electron chi connectivity index (χ2n) is 9.29. The number of piperidine rings is 1. The van der Waals surface area contributed by atoms with Crippen LogP contribution >= 0.6 is 11.6 Å². The first-order chi connectivity index (χ1) is 15.4. The van der Waals surface area contributed by atoms with Gasteiger partial charge >= 0.3 is 6.09 Å². The number of piperazine rings is 1. The van der Waals surface area contributed by atoms with Gasteiger partial charge in [0.15, 0.2) is 0 Å². The van der Waals surface area contributed by atoms with Gasteiger partial charge in [-0.3, -0.25) is 10.1 Å². The van der Waals surface area contributed by atoms with E-state index >= 15 is 0 Å². The summed E-state index contributed by atoms with van der Waals surface area (Å²) in [6, 6.07) is 6.27. The second-order valence-corrected chi connectivity index (χ2v) is 9.73. The molecule has 2 aliphatic heterocycles. The zero-order valence-electron chi connectivity index (χ0n) is 18.6. The van der Waals surface area contributed by atoms with Crippen LogP contribution in [0, 0.1) is 5.41 Å². The summed E-state index contributed by atoms with van der Waals surface area (Å²) in [4.78, 5) is 34.5. The lowest BCUT2D eigenvalue weighted by Gasteiger charge is -2.38. The third-order valence-corrected chi connectivity index (χ3v) is 7.31. The molecule has 9 heteroatoms.